The van der Waals surface area contributed by atoms with E-state index in [1.165, 1.54) is 48.5 Å². The summed E-state index contributed by atoms with van der Waals surface area (Å²) in [7, 11) is -9.34. The Morgan fingerprint density at radius 1 is 0.545 bits per heavy atom. The van der Waals surface area contributed by atoms with Crippen molar-refractivity contribution in [2.45, 2.75) is 75.7 Å². The fourth-order valence-corrected chi connectivity index (χ4v) is 5.83. The highest BCUT2D eigenvalue weighted by atomic mass is 32.2. The number of hydrogen-bond acceptors (Lipinski definition) is 14. The molecule has 0 fully saturated rings. The molecule has 0 bridgehead atoms. The van der Waals surface area contributed by atoms with Gasteiger partial charge in [0.05, 0.1) is 9.79 Å². The van der Waals surface area contributed by atoms with E-state index in [0.717, 1.165) is 38.8 Å². The summed E-state index contributed by atoms with van der Waals surface area (Å²) in [5.41, 5.74) is 1.46. The van der Waals surface area contributed by atoms with Gasteiger partial charge in [0, 0.05) is 27.7 Å². The maximum atomic E-state index is 13.3. The highest BCUT2D eigenvalue weighted by molar-refractivity contribution is 7.87. The Kier molecular flexibility index (Phi) is 13.0. The van der Waals surface area contributed by atoms with Gasteiger partial charge in [-0.1, -0.05) is 35.4 Å². The number of ether oxygens (including phenoxy) is 4. The molecular weight excluding hydrogens is 624 g/mol. The molecule has 44 heavy (non-hydrogen) atoms. The molecule has 2 rings (SSSR count). The van der Waals surface area contributed by atoms with E-state index in [1.54, 1.807) is 13.8 Å². The van der Waals surface area contributed by atoms with Crippen LogP contribution < -0.4 is 0 Å². The van der Waals surface area contributed by atoms with Gasteiger partial charge in [-0.25, -0.2) is 0 Å². The zero-order valence-electron chi connectivity index (χ0n) is 24.9. The first-order chi connectivity index (χ1) is 20.4. The van der Waals surface area contributed by atoms with Crippen molar-refractivity contribution in [2.24, 2.45) is 0 Å². The van der Waals surface area contributed by atoms with E-state index in [-0.39, 0.29) is 9.79 Å². The van der Waals surface area contributed by atoms with Crippen LogP contribution in [0.1, 0.15) is 38.8 Å². The Morgan fingerprint density at radius 2 is 0.841 bits per heavy atom. The monoisotopic (exact) mass is 658 g/mol. The Morgan fingerprint density at radius 3 is 1.09 bits per heavy atom. The summed E-state index contributed by atoms with van der Waals surface area (Å²) in [4.78, 5) is 47.3. The smallest absolute Gasteiger partial charge is 0.303 e. The second-order valence-electron chi connectivity index (χ2n) is 9.56. The van der Waals surface area contributed by atoms with Crippen LogP contribution in [-0.4, -0.2) is 78.3 Å². The molecular formula is C28H34O14S2. The summed E-state index contributed by atoms with van der Waals surface area (Å²) in [5, 5.41) is 0. The fraction of sp³-hybridized carbons (Fsp3) is 0.429. The first-order valence-corrected chi connectivity index (χ1v) is 15.8. The molecule has 16 heteroatoms. The van der Waals surface area contributed by atoms with Gasteiger partial charge in [-0.2, -0.15) is 16.8 Å². The topological polar surface area (TPSA) is 192 Å². The number of aryl methyl sites for hydroxylation is 2. The zero-order chi connectivity index (χ0) is 33.2. The number of esters is 4. The van der Waals surface area contributed by atoms with E-state index in [2.05, 4.69) is 0 Å². The lowest BCUT2D eigenvalue weighted by Gasteiger charge is -2.35. The largest absolute Gasteiger partial charge is 0.463 e. The Hall–Kier alpha value is -3.86. The van der Waals surface area contributed by atoms with Gasteiger partial charge in [0.25, 0.3) is 20.2 Å². The third kappa shape index (κ3) is 11.3. The Bertz CT molecular complexity index is 1410. The molecule has 0 unspecified atom stereocenters. The number of benzene rings is 2. The maximum Gasteiger partial charge on any atom is 0.303 e. The predicted molar refractivity (Wildman–Crippen MR) is 151 cm³/mol. The molecule has 0 N–H and O–H groups in total. The average Bonchev–Trinajstić information content (AvgIpc) is 2.91. The third-order valence-electron chi connectivity index (χ3n) is 5.68. The first-order valence-electron chi connectivity index (χ1n) is 13.0. The van der Waals surface area contributed by atoms with Gasteiger partial charge in [0.15, 0.2) is 24.4 Å². The molecule has 14 nitrogen and oxygen atoms in total. The molecule has 0 aromatic heterocycles. The van der Waals surface area contributed by atoms with E-state index >= 15 is 0 Å². The molecule has 0 saturated heterocycles. The second-order valence-corrected chi connectivity index (χ2v) is 12.7. The normalized spacial score (nSPS) is 14.4. The lowest BCUT2D eigenvalue weighted by atomic mass is 10.0. The molecule has 0 aliphatic carbocycles. The van der Waals surface area contributed by atoms with Gasteiger partial charge in [-0.05, 0) is 38.1 Å². The van der Waals surface area contributed by atoms with E-state index in [0.29, 0.717) is 0 Å². The molecule has 0 amide bonds. The zero-order valence-corrected chi connectivity index (χ0v) is 26.5. The van der Waals surface area contributed by atoms with Crippen LogP contribution in [0, 0.1) is 13.8 Å². The van der Waals surface area contributed by atoms with Crippen LogP contribution in [0.3, 0.4) is 0 Å². The van der Waals surface area contributed by atoms with Crippen molar-refractivity contribution >= 4 is 44.1 Å². The Balaban J connectivity index is 2.69. The molecule has 4 atom stereocenters. The molecule has 0 saturated carbocycles. The molecule has 2 aromatic carbocycles. The summed E-state index contributed by atoms with van der Waals surface area (Å²) in [5.74, 6) is -3.87. The fourth-order valence-electron chi connectivity index (χ4n) is 3.69. The van der Waals surface area contributed by atoms with Crippen LogP contribution in [0.25, 0.3) is 0 Å². The highest BCUT2D eigenvalue weighted by Crippen LogP contribution is 2.26. The second kappa shape index (κ2) is 15.7. The van der Waals surface area contributed by atoms with E-state index in [9.17, 15) is 36.0 Å². The summed E-state index contributed by atoms with van der Waals surface area (Å²) in [6, 6.07) is 10.9. The number of hydrogen-bond donors (Lipinski definition) is 0. The quantitative estimate of drug-likeness (QED) is 0.154. The van der Waals surface area contributed by atoms with Crippen LogP contribution in [0.2, 0.25) is 0 Å². The van der Waals surface area contributed by atoms with Gasteiger partial charge < -0.3 is 18.9 Å². The summed E-state index contributed by atoms with van der Waals surface area (Å²) in [6.07, 6.45) is -7.84. The molecule has 2 aromatic rings. The van der Waals surface area contributed by atoms with Gasteiger partial charge >= 0.3 is 23.9 Å². The first kappa shape index (κ1) is 36.3. The van der Waals surface area contributed by atoms with Crippen LogP contribution in [0.5, 0.6) is 0 Å². The minimum atomic E-state index is -4.67. The number of rotatable bonds is 15. The molecule has 0 aliphatic rings. The summed E-state index contributed by atoms with van der Waals surface area (Å²) >= 11 is 0. The number of carbonyl (C=O) groups excluding carboxylic acids is 4. The standard InChI is InChI=1S/C28H34O14S2/c1-17-7-11-23(12-8-17)43(33,34)41-25(15-37-19(3)29)27(39-21(5)31)28(40-22(6)32)26(16-38-20(4)30)42-44(35,36)24-13-9-18(2)10-14-24/h7-14,25-28H,15-16H2,1-6H3/t25-,26+,27+,28-. The van der Waals surface area contributed by atoms with Crippen molar-refractivity contribution in [3.8, 4) is 0 Å². The van der Waals surface area contributed by atoms with Crippen LogP contribution >= 0.6 is 0 Å². The van der Waals surface area contributed by atoms with Gasteiger partial charge in [0.2, 0.25) is 0 Å². The van der Waals surface area contributed by atoms with Gasteiger partial charge in [-0.15, -0.1) is 0 Å². The summed E-state index contributed by atoms with van der Waals surface area (Å²) < 4.78 is 84.3. The third-order valence-corrected chi connectivity index (χ3v) is 8.38. The minimum Gasteiger partial charge on any atom is -0.463 e. The molecule has 242 valence electrons. The number of carbonyl (C=O) groups is 4. The van der Waals surface area contributed by atoms with Crippen LogP contribution in [0.15, 0.2) is 58.3 Å². The van der Waals surface area contributed by atoms with Crippen molar-refractivity contribution in [1.82, 2.24) is 0 Å². The maximum absolute atomic E-state index is 13.3. The van der Waals surface area contributed by atoms with E-state index in [4.69, 9.17) is 27.3 Å². The molecule has 0 heterocycles. The lowest BCUT2D eigenvalue weighted by molar-refractivity contribution is -0.189. The molecule has 0 aliphatic heterocycles. The highest BCUT2D eigenvalue weighted by Gasteiger charge is 2.46. The Labute approximate surface area is 255 Å². The van der Waals surface area contributed by atoms with E-state index < -0.39 is 81.7 Å². The van der Waals surface area contributed by atoms with Crippen molar-refractivity contribution in [3.05, 3.63) is 59.7 Å². The SMILES string of the molecule is CC(=O)OC[C@H](OS(=O)(=O)c1ccc(C)cc1)[C@@H](OC(C)=O)[C@@H](OC(C)=O)[C@@H](COC(C)=O)OS(=O)(=O)c1ccc(C)cc1. The molecule has 0 radical (unpaired) electrons. The van der Waals surface area contributed by atoms with Crippen molar-refractivity contribution in [1.29, 1.82) is 0 Å². The van der Waals surface area contributed by atoms with Crippen LogP contribution in [0.4, 0.5) is 0 Å². The average molecular weight is 659 g/mol. The van der Waals surface area contributed by atoms with Crippen molar-refractivity contribution < 1.29 is 63.3 Å². The predicted octanol–water partition coefficient (Wildman–Crippen LogP) is 2.14. The lowest BCUT2D eigenvalue weighted by Crippen LogP contribution is -2.54. The summed E-state index contributed by atoms with van der Waals surface area (Å²) in [6.45, 7) is 5.57. The van der Waals surface area contributed by atoms with Gasteiger partial charge in [0.1, 0.15) is 13.2 Å². The van der Waals surface area contributed by atoms with E-state index in [1.807, 2.05) is 0 Å². The van der Waals surface area contributed by atoms with Crippen LogP contribution in [-0.2, 0) is 66.7 Å². The van der Waals surface area contributed by atoms with Crippen molar-refractivity contribution in [2.75, 3.05) is 13.2 Å². The van der Waals surface area contributed by atoms with Crippen molar-refractivity contribution in [3.63, 3.8) is 0 Å². The molecule has 0 spiro atoms. The minimum absolute atomic E-state index is 0.323. The van der Waals surface area contributed by atoms with Gasteiger partial charge in [-0.3, -0.25) is 27.5 Å².